The lowest BCUT2D eigenvalue weighted by molar-refractivity contribution is -0.161. The maximum absolute atomic E-state index is 11.9. The molecule has 2 aliphatic rings. The molecule has 0 bridgehead atoms. The van der Waals surface area contributed by atoms with E-state index in [0.29, 0.717) is 12.0 Å². The minimum atomic E-state index is -1.16. The van der Waals surface area contributed by atoms with Crippen molar-refractivity contribution < 1.29 is 24.5 Å². The highest BCUT2D eigenvalue weighted by Crippen LogP contribution is 2.43. The van der Waals surface area contributed by atoms with Crippen LogP contribution in [0, 0.1) is 5.92 Å². The fourth-order valence-corrected chi connectivity index (χ4v) is 2.75. The molecule has 0 spiro atoms. The van der Waals surface area contributed by atoms with Gasteiger partial charge in [-0.25, -0.2) is 9.79 Å². The summed E-state index contributed by atoms with van der Waals surface area (Å²) < 4.78 is 5.19. The lowest BCUT2D eigenvalue weighted by atomic mass is 9.83. The van der Waals surface area contributed by atoms with Gasteiger partial charge in [-0.05, 0) is 18.9 Å². The van der Waals surface area contributed by atoms with E-state index in [1.165, 1.54) is 11.8 Å². The van der Waals surface area contributed by atoms with Gasteiger partial charge >= 0.3 is 5.97 Å². The summed E-state index contributed by atoms with van der Waals surface area (Å²) >= 11 is 0. The van der Waals surface area contributed by atoms with Crippen LogP contribution in [0.2, 0.25) is 0 Å². The number of nitrogens with two attached hydrogens (primary N) is 1. The molecule has 20 heavy (non-hydrogen) atoms. The van der Waals surface area contributed by atoms with Gasteiger partial charge in [-0.3, -0.25) is 4.79 Å². The van der Waals surface area contributed by atoms with Gasteiger partial charge in [0.2, 0.25) is 5.91 Å². The average Bonchev–Trinajstić information content (AvgIpc) is 2.69. The zero-order chi connectivity index (χ0) is 14.9. The molecule has 2 aliphatic heterocycles. The Morgan fingerprint density at radius 3 is 2.95 bits per heavy atom. The first kappa shape index (κ1) is 14.5. The van der Waals surface area contributed by atoms with Crippen molar-refractivity contribution in [3.63, 3.8) is 0 Å². The Kier molecular flexibility index (Phi) is 4.05. The summed E-state index contributed by atoms with van der Waals surface area (Å²) in [6, 6.07) is -0.287. The van der Waals surface area contributed by atoms with E-state index in [9.17, 15) is 19.8 Å². The topological polar surface area (TPSA) is 125 Å². The molecule has 0 aromatic rings. The summed E-state index contributed by atoms with van der Waals surface area (Å²) in [6.45, 7) is 1.64. The van der Waals surface area contributed by atoms with E-state index in [4.69, 9.17) is 10.5 Å². The van der Waals surface area contributed by atoms with Crippen LogP contribution in [-0.2, 0) is 14.3 Å². The van der Waals surface area contributed by atoms with E-state index < -0.39 is 18.0 Å². The normalized spacial score (nSPS) is 26.9. The van der Waals surface area contributed by atoms with E-state index in [2.05, 4.69) is 4.99 Å². The van der Waals surface area contributed by atoms with Gasteiger partial charge in [0.25, 0.3) is 0 Å². The molecule has 1 saturated heterocycles. The predicted molar refractivity (Wildman–Crippen MR) is 68.6 cm³/mol. The molecule has 0 aromatic heterocycles. The van der Waals surface area contributed by atoms with Gasteiger partial charge in [0.1, 0.15) is 12.4 Å². The van der Waals surface area contributed by atoms with Gasteiger partial charge in [-0.2, -0.15) is 0 Å². The van der Waals surface area contributed by atoms with Crippen LogP contribution in [0.1, 0.15) is 13.3 Å². The molecule has 8 nitrogen and oxygen atoms in total. The maximum Gasteiger partial charge on any atom is 0.352 e. The van der Waals surface area contributed by atoms with Crippen molar-refractivity contribution in [1.82, 2.24) is 4.90 Å². The Labute approximate surface area is 115 Å². The molecular formula is C12H17N3O5. The molecule has 0 aromatic carbocycles. The molecule has 2 heterocycles. The zero-order valence-corrected chi connectivity index (χ0v) is 11.0. The van der Waals surface area contributed by atoms with E-state index in [0.717, 1.165) is 6.34 Å². The first-order valence-electron chi connectivity index (χ1n) is 6.23. The number of hydrogen-bond donors (Lipinski definition) is 3. The van der Waals surface area contributed by atoms with Crippen LogP contribution >= 0.6 is 0 Å². The van der Waals surface area contributed by atoms with Crippen molar-refractivity contribution in [2.75, 3.05) is 13.3 Å². The number of carbonyl (C=O) groups is 2. The number of ether oxygens (including phenoxy) is 1. The Hall–Kier alpha value is -1.93. The van der Waals surface area contributed by atoms with Crippen molar-refractivity contribution >= 4 is 18.2 Å². The monoisotopic (exact) mass is 283 g/mol. The van der Waals surface area contributed by atoms with Crippen molar-refractivity contribution in [2.45, 2.75) is 25.5 Å². The van der Waals surface area contributed by atoms with Crippen molar-refractivity contribution in [3.8, 4) is 0 Å². The van der Waals surface area contributed by atoms with Crippen LogP contribution in [0.3, 0.4) is 0 Å². The van der Waals surface area contributed by atoms with E-state index in [1.807, 2.05) is 0 Å². The quantitative estimate of drug-likeness (QED) is 0.246. The Bertz CT molecular complexity index is 485. The lowest BCUT2D eigenvalue weighted by Gasteiger charge is -2.44. The van der Waals surface area contributed by atoms with Gasteiger partial charge in [0.05, 0.1) is 31.0 Å². The zero-order valence-electron chi connectivity index (χ0n) is 11.0. The highest BCUT2D eigenvalue weighted by atomic mass is 16.5. The van der Waals surface area contributed by atoms with E-state index in [1.54, 1.807) is 0 Å². The Morgan fingerprint density at radius 2 is 2.40 bits per heavy atom. The second-order valence-electron chi connectivity index (χ2n) is 4.81. The molecule has 1 fully saturated rings. The number of nitrogens with zero attached hydrogens (tertiary/aromatic N) is 2. The molecule has 3 atom stereocenters. The molecule has 0 aliphatic carbocycles. The number of amides is 1. The minimum absolute atomic E-state index is 0.0331. The van der Waals surface area contributed by atoms with Crippen LogP contribution < -0.4 is 5.73 Å². The molecule has 2 rings (SSSR count). The van der Waals surface area contributed by atoms with Gasteiger partial charge in [-0.1, -0.05) is 0 Å². The van der Waals surface area contributed by atoms with Crippen molar-refractivity contribution in [2.24, 2.45) is 16.6 Å². The third-order valence-corrected chi connectivity index (χ3v) is 3.57. The number of aliphatic carboxylic acids is 1. The van der Waals surface area contributed by atoms with E-state index in [-0.39, 0.29) is 31.0 Å². The molecular weight excluding hydrogens is 266 g/mol. The van der Waals surface area contributed by atoms with Crippen molar-refractivity contribution in [3.05, 3.63) is 11.3 Å². The average molecular weight is 283 g/mol. The summed E-state index contributed by atoms with van der Waals surface area (Å²) in [5.41, 5.74) is 5.56. The first-order chi connectivity index (χ1) is 9.49. The molecule has 110 valence electrons. The highest BCUT2D eigenvalue weighted by Gasteiger charge is 2.56. The van der Waals surface area contributed by atoms with Crippen LogP contribution in [-0.4, -0.2) is 58.8 Å². The number of β-lactam (4-membered cyclic amide) rings is 1. The summed E-state index contributed by atoms with van der Waals surface area (Å²) in [5, 5.41) is 18.8. The SMILES string of the molecule is CC(O)C1C(=O)N2C(C(=O)O)=C(COCN=CN)CC12. The number of fused-ring (bicyclic) bond motifs is 1. The highest BCUT2D eigenvalue weighted by molar-refractivity contribution is 5.99. The number of aliphatic hydroxyl groups is 1. The summed E-state index contributed by atoms with van der Waals surface area (Å²) in [7, 11) is 0. The number of carboxylic acid groups (broad SMARTS) is 1. The lowest BCUT2D eigenvalue weighted by Crippen LogP contribution is -2.61. The molecule has 0 saturated carbocycles. The number of aliphatic hydroxyl groups excluding tert-OH is 1. The van der Waals surface area contributed by atoms with Gasteiger partial charge in [0.15, 0.2) is 0 Å². The van der Waals surface area contributed by atoms with Crippen LogP contribution in [0.25, 0.3) is 0 Å². The number of carbonyl (C=O) groups excluding carboxylic acids is 1. The smallest absolute Gasteiger partial charge is 0.352 e. The first-order valence-corrected chi connectivity index (χ1v) is 6.23. The number of rotatable bonds is 6. The van der Waals surface area contributed by atoms with Crippen LogP contribution in [0.5, 0.6) is 0 Å². The van der Waals surface area contributed by atoms with Gasteiger partial charge in [-0.15, -0.1) is 0 Å². The summed E-state index contributed by atoms with van der Waals surface area (Å²) in [6.07, 6.45) is 0.706. The molecule has 1 amide bonds. The molecule has 8 heteroatoms. The third-order valence-electron chi connectivity index (χ3n) is 3.57. The van der Waals surface area contributed by atoms with Crippen LogP contribution in [0.4, 0.5) is 0 Å². The third kappa shape index (κ3) is 2.27. The number of hydrogen-bond acceptors (Lipinski definition) is 5. The summed E-state index contributed by atoms with van der Waals surface area (Å²) in [5.74, 6) is -2.05. The fraction of sp³-hybridized carbons (Fsp3) is 0.583. The maximum atomic E-state index is 11.9. The Balaban J connectivity index is 2.11. The van der Waals surface area contributed by atoms with Crippen LogP contribution in [0.15, 0.2) is 16.3 Å². The van der Waals surface area contributed by atoms with E-state index >= 15 is 0 Å². The standard InChI is InChI=1S/C12H17N3O5/c1-6(16)9-8-2-7(3-20-5-14-4-13)10(12(18)19)15(8)11(9)17/h4,6,8-9,16H,2-3,5H2,1H3,(H2,13,14)(H,18,19). The Morgan fingerprint density at radius 1 is 1.70 bits per heavy atom. The van der Waals surface area contributed by atoms with Crippen molar-refractivity contribution in [1.29, 1.82) is 0 Å². The van der Waals surface area contributed by atoms with Gasteiger partial charge < -0.3 is 25.6 Å². The summed E-state index contributed by atoms with van der Waals surface area (Å²) in [4.78, 5) is 28.1. The minimum Gasteiger partial charge on any atom is -0.477 e. The predicted octanol–water partition coefficient (Wildman–Crippen LogP) is -1.10. The second-order valence-corrected chi connectivity index (χ2v) is 4.81. The number of aliphatic imine (C=N–C) groups is 1. The molecule has 0 radical (unpaired) electrons. The number of carboxylic acids is 1. The molecule has 3 unspecified atom stereocenters. The fourth-order valence-electron chi connectivity index (χ4n) is 2.75. The largest absolute Gasteiger partial charge is 0.477 e. The molecule has 4 N–H and O–H groups in total. The van der Waals surface area contributed by atoms with Gasteiger partial charge in [0, 0.05) is 0 Å². The second kappa shape index (κ2) is 5.59.